The number of ether oxygens (including phenoxy) is 2. The van der Waals surface area contributed by atoms with Crippen LogP contribution in [0.15, 0.2) is 12.3 Å². The van der Waals surface area contributed by atoms with Gasteiger partial charge in [0.15, 0.2) is 5.82 Å². The van der Waals surface area contributed by atoms with E-state index < -0.39 is 0 Å². The highest BCUT2D eigenvalue weighted by Gasteiger charge is 2.33. The largest absolute Gasteiger partial charge is 0.489 e. The highest BCUT2D eigenvalue weighted by molar-refractivity contribution is 5.75. The van der Waals surface area contributed by atoms with Gasteiger partial charge < -0.3 is 19.3 Å². The Bertz CT molecular complexity index is 936. The van der Waals surface area contributed by atoms with E-state index in [1.54, 1.807) is 6.92 Å². The van der Waals surface area contributed by atoms with Crippen LogP contribution in [0.3, 0.4) is 0 Å². The average Bonchev–Trinajstić information content (AvgIpc) is 3.19. The molecule has 5 rings (SSSR count). The minimum Gasteiger partial charge on any atom is -0.489 e. The second-order valence-corrected chi connectivity index (χ2v) is 8.02. The van der Waals surface area contributed by atoms with Crippen molar-refractivity contribution in [2.24, 2.45) is 0 Å². The minimum absolute atomic E-state index is 0.111. The average molecular weight is 428 g/mol. The molecule has 0 aliphatic carbocycles. The molecule has 8 heteroatoms. The standard InChI is InChI=1S/C21H27N5O3.C2H6/c1-14-11-20-19(12-22-14)25(7-10-29-20)21-17-13-24(15(2)27)6-3-18(17)26(23-21)16-4-8-28-9-5-16;1-2/h11-12,16H,3-10,13H2,1-2H3;1-2H3. The zero-order valence-electron chi connectivity index (χ0n) is 19.1. The number of aryl methyl sites for hydroxylation is 1. The molecular formula is C23H33N5O3. The lowest BCUT2D eigenvalue weighted by molar-refractivity contribution is -0.129. The molecule has 1 fully saturated rings. The first-order valence-corrected chi connectivity index (χ1v) is 11.4. The number of carbonyl (C=O) groups excluding carboxylic acids is 1. The Labute approximate surface area is 184 Å². The normalized spacial score (nSPS) is 18.5. The highest BCUT2D eigenvalue weighted by Crippen LogP contribution is 2.40. The Balaban J connectivity index is 0.00000112. The first-order chi connectivity index (χ1) is 15.1. The van der Waals surface area contributed by atoms with Crippen molar-refractivity contribution in [2.45, 2.75) is 59.5 Å². The molecule has 2 aromatic heterocycles. The summed E-state index contributed by atoms with van der Waals surface area (Å²) in [6.07, 6.45) is 4.66. The molecule has 168 valence electrons. The smallest absolute Gasteiger partial charge is 0.219 e. The summed E-state index contributed by atoms with van der Waals surface area (Å²) in [5.41, 5.74) is 4.30. The third-order valence-corrected chi connectivity index (χ3v) is 6.15. The van der Waals surface area contributed by atoms with Crippen molar-refractivity contribution in [1.29, 1.82) is 0 Å². The zero-order valence-corrected chi connectivity index (χ0v) is 19.1. The number of fused-ring (bicyclic) bond motifs is 2. The zero-order chi connectivity index (χ0) is 22.0. The van der Waals surface area contributed by atoms with E-state index in [1.807, 2.05) is 37.9 Å². The predicted octanol–water partition coefficient (Wildman–Crippen LogP) is 3.40. The molecule has 3 aliphatic rings. The molecule has 1 saturated heterocycles. The molecule has 8 nitrogen and oxygen atoms in total. The van der Waals surface area contributed by atoms with Gasteiger partial charge in [-0.25, -0.2) is 0 Å². The quantitative estimate of drug-likeness (QED) is 0.731. The van der Waals surface area contributed by atoms with Gasteiger partial charge in [0.25, 0.3) is 0 Å². The Hall–Kier alpha value is -2.61. The molecular weight excluding hydrogens is 394 g/mol. The summed E-state index contributed by atoms with van der Waals surface area (Å²) in [6.45, 7) is 11.8. The molecule has 5 heterocycles. The van der Waals surface area contributed by atoms with E-state index >= 15 is 0 Å². The first-order valence-electron chi connectivity index (χ1n) is 11.4. The molecule has 0 radical (unpaired) electrons. The second kappa shape index (κ2) is 9.26. The van der Waals surface area contributed by atoms with Crippen molar-refractivity contribution in [3.05, 3.63) is 29.2 Å². The SMILES string of the molecule is CC.CC(=O)N1CCc2c(c(N3CCOc4cc(C)ncc43)nn2C2CCOCC2)C1. The summed E-state index contributed by atoms with van der Waals surface area (Å²) in [4.78, 5) is 20.7. The number of rotatable bonds is 2. The lowest BCUT2D eigenvalue weighted by Gasteiger charge is -2.32. The van der Waals surface area contributed by atoms with Crippen molar-refractivity contribution in [3.8, 4) is 5.75 Å². The van der Waals surface area contributed by atoms with Gasteiger partial charge in [0, 0.05) is 56.1 Å². The third kappa shape index (κ3) is 4.13. The van der Waals surface area contributed by atoms with Gasteiger partial charge in [-0.15, -0.1) is 0 Å². The summed E-state index contributed by atoms with van der Waals surface area (Å²) >= 11 is 0. The van der Waals surface area contributed by atoms with Crippen LogP contribution in [0, 0.1) is 6.92 Å². The molecule has 0 saturated carbocycles. The Morgan fingerprint density at radius 3 is 2.68 bits per heavy atom. The maximum atomic E-state index is 12.1. The summed E-state index contributed by atoms with van der Waals surface area (Å²) in [7, 11) is 0. The molecule has 0 unspecified atom stereocenters. The maximum absolute atomic E-state index is 12.1. The van der Waals surface area contributed by atoms with Gasteiger partial charge in [-0.2, -0.15) is 5.10 Å². The summed E-state index contributed by atoms with van der Waals surface area (Å²) in [6, 6.07) is 2.33. The monoisotopic (exact) mass is 427 g/mol. The van der Waals surface area contributed by atoms with Crippen LogP contribution in [-0.2, 0) is 22.5 Å². The fourth-order valence-electron chi connectivity index (χ4n) is 4.58. The van der Waals surface area contributed by atoms with Crippen molar-refractivity contribution in [1.82, 2.24) is 19.7 Å². The molecule has 0 bridgehead atoms. The van der Waals surface area contributed by atoms with Gasteiger partial charge >= 0.3 is 0 Å². The Morgan fingerprint density at radius 1 is 1.16 bits per heavy atom. The summed E-state index contributed by atoms with van der Waals surface area (Å²) in [5, 5.41) is 5.12. The number of anilines is 2. The van der Waals surface area contributed by atoms with Crippen molar-refractivity contribution < 1.29 is 14.3 Å². The number of aromatic nitrogens is 3. The number of pyridine rings is 1. The fraction of sp³-hybridized carbons (Fsp3) is 0.609. The van der Waals surface area contributed by atoms with Gasteiger partial charge in [0.2, 0.25) is 5.91 Å². The van der Waals surface area contributed by atoms with E-state index in [-0.39, 0.29) is 5.91 Å². The van der Waals surface area contributed by atoms with Crippen molar-refractivity contribution in [3.63, 3.8) is 0 Å². The van der Waals surface area contributed by atoms with E-state index in [0.717, 1.165) is 74.1 Å². The van der Waals surface area contributed by atoms with Gasteiger partial charge in [-0.1, -0.05) is 13.8 Å². The number of amides is 1. The van der Waals surface area contributed by atoms with Crippen LogP contribution in [0.1, 0.15) is 56.6 Å². The molecule has 3 aliphatic heterocycles. The minimum atomic E-state index is 0.111. The highest BCUT2D eigenvalue weighted by atomic mass is 16.5. The van der Waals surface area contributed by atoms with Crippen molar-refractivity contribution >= 4 is 17.4 Å². The van der Waals surface area contributed by atoms with Crippen LogP contribution >= 0.6 is 0 Å². The van der Waals surface area contributed by atoms with Crippen LogP contribution in [0.25, 0.3) is 0 Å². The van der Waals surface area contributed by atoms with Gasteiger partial charge in [0.1, 0.15) is 18.0 Å². The van der Waals surface area contributed by atoms with Gasteiger partial charge in [-0.3, -0.25) is 14.5 Å². The van der Waals surface area contributed by atoms with Gasteiger partial charge in [-0.05, 0) is 19.8 Å². The summed E-state index contributed by atoms with van der Waals surface area (Å²) in [5.74, 6) is 1.89. The molecule has 2 aromatic rings. The van der Waals surface area contributed by atoms with Crippen LogP contribution in [0.4, 0.5) is 11.5 Å². The van der Waals surface area contributed by atoms with Crippen molar-refractivity contribution in [2.75, 3.05) is 37.8 Å². The molecule has 0 aromatic carbocycles. The van der Waals surface area contributed by atoms with Gasteiger partial charge in [0.05, 0.1) is 25.3 Å². The second-order valence-electron chi connectivity index (χ2n) is 8.02. The number of carbonyl (C=O) groups is 1. The van der Waals surface area contributed by atoms with E-state index in [1.165, 1.54) is 5.69 Å². The van der Waals surface area contributed by atoms with Crippen LogP contribution in [0.5, 0.6) is 5.75 Å². The van der Waals surface area contributed by atoms with Crippen LogP contribution < -0.4 is 9.64 Å². The molecule has 31 heavy (non-hydrogen) atoms. The molecule has 0 spiro atoms. The third-order valence-electron chi connectivity index (χ3n) is 6.15. The summed E-state index contributed by atoms with van der Waals surface area (Å²) < 4.78 is 13.7. The maximum Gasteiger partial charge on any atom is 0.219 e. The van der Waals surface area contributed by atoms with Crippen LogP contribution in [0.2, 0.25) is 0 Å². The Kier molecular flexibility index (Phi) is 6.46. The van der Waals surface area contributed by atoms with E-state index in [0.29, 0.717) is 19.2 Å². The molecule has 0 atom stereocenters. The lowest BCUT2D eigenvalue weighted by Crippen LogP contribution is -2.36. The number of nitrogens with zero attached hydrogens (tertiary/aromatic N) is 5. The topological polar surface area (TPSA) is 72.7 Å². The van der Waals surface area contributed by atoms with Crippen LogP contribution in [-0.4, -0.2) is 58.5 Å². The molecule has 1 amide bonds. The fourth-order valence-corrected chi connectivity index (χ4v) is 4.58. The number of hydrogen-bond acceptors (Lipinski definition) is 6. The van der Waals surface area contributed by atoms with E-state index in [2.05, 4.69) is 14.6 Å². The predicted molar refractivity (Wildman–Crippen MR) is 119 cm³/mol. The lowest BCUT2D eigenvalue weighted by atomic mass is 10.0. The van der Waals surface area contributed by atoms with E-state index in [4.69, 9.17) is 14.6 Å². The number of hydrogen-bond donors (Lipinski definition) is 0. The Morgan fingerprint density at radius 2 is 1.94 bits per heavy atom. The molecule has 0 N–H and O–H groups in total. The van der Waals surface area contributed by atoms with E-state index in [9.17, 15) is 4.79 Å². The first kappa shape index (κ1) is 21.6.